The number of hydrogen-bond donors (Lipinski definition) is 0. The maximum atomic E-state index is 12.2. The van der Waals surface area contributed by atoms with E-state index in [9.17, 15) is 18.0 Å². The molecule has 0 aromatic heterocycles. The van der Waals surface area contributed by atoms with E-state index in [0.717, 1.165) is 6.07 Å². The SMILES string of the molecule is CCOCc1ccccc1C(=O)C(F)(F)F. The Kier molecular flexibility index (Phi) is 4.06. The van der Waals surface area contributed by atoms with Crippen molar-refractivity contribution in [1.82, 2.24) is 0 Å². The highest BCUT2D eigenvalue weighted by atomic mass is 19.4. The third kappa shape index (κ3) is 3.06. The van der Waals surface area contributed by atoms with E-state index in [1.807, 2.05) is 0 Å². The number of rotatable bonds is 4. The van der Waals surface area contributed by atoms with Crippen LogP contribution in [0, 0.1) is 0 Å². The van der Waals surface area contributed by atoms with Crippen LogP contribution in [0.3, 0.4) is 0 Å². The van der Waals surface area contributed by atoms with Crippen LogP contribution in [0.25, 0.3) is 0 Å². The van der Waals surface area contributed by atoms with Gasteiger partial charge < -0.3 is 4.74 Å². The highest BCUT2D eigenvalue weighted by Gasteiger charge is 2.40. The molecule has 88 valence electrons. The van der Waals surface area contributed by atoms with Gasteiger partial charge in [0.25, 0.3) is 5.78 Å². The fraction of sp³-hybridized carbons (Fsp3) is 0.364. The quantitative estimate of drug-likeness (QED) is 0.746. The summed E-state index contributed by atoms with van der Waals surface area (Å²) >= 11 is 0. The highest BCUT2D eigenvalue weighted by Crippen LogP contribution is 2.23. The summed E-state index contributed by atoms with van der Waals surface area (Å²) in [7, 11) is 0. The second kappa shape index (κ2) is 5.12. The van der Waals surface area contributed by atoms with E-state index in [0.29, 0.717) is 6.61 Å². The number of carbonyl (C=O) groups is 1. The highest BCUT2D eigenvalue weighted by molar-refractivity contribution is 6.01. The van der Waals surface area contributed by atoms with Crippen LogP contribution >= 0.6 is 0 Å². The standard InChI is InChI=1S/C11H11F3O2/c1-2-16-7-8-5-3-4-6-9(8)10(15)11(12,13)14/h3-6H,2,7H2,1H3. The van der Waals surface area contributed by atoms with Crippen LogP contribution in [0.1, 0.15) is 22.8 Å². The summed E-state index contributed by atoms with van der Waals surface area (Å²) in [6.45, 7) is 2.12. The average Bonchev–Trinajstić information content (AvgIpc) is 2.24. The summed E-state index contributed by atoms with van der Waals surface area (Å²) < 4.78 is 41.7. The molecule has 0 saturated heterocycles. The zero-order valence-electron chi connectivity index (χ0n) is 8.67. The van der Waals surface area contributed by atoms with E-state index in [4.69, 9.17) is 4.74 Å². The Hall–Kier alpha value is -1.36. The first-order chi connectivity index (χ1) is 7.46. The summed E-state index contributed by atoms with van der Waals surface area (Å²) in [5.74, 6) is -1.83. The van der Waals surface area contributed by atoms with Crippen LogP contribution in [0.5, 0.6) is 0 Å². The van der Waals surface area contributed by atoms with Crippen molar-refractivity contribution in [3.05, 3.63) is 35.4 Å². The van der Waals surface area contributed by atoms with Crippen molar-refractivity contribution in [3.8, 4) is 0 Å². The minimum atomic E-state index is -4.84. The van der Waals surface area contributed by atoms with E-state index in [1.165, 1.54) is 12.1 Å². The molecule has 0 N–H and O–H groups in total. The first-order valence-corrected chi connectivity index (χ1v) is 4.74. The van der Waals surface area contributed by atoms with Crippen molar-refractivity contribution in [2.45, 2.75) is 19.7 Å². The van der Waals surface area contributed by atoms with Crippen molar-refractivity contribution in [2.24, 2.45) is 0 Å². The molecule has 0 saturated carbocycles. The van der Waals surface area contributed by atoms with Crippen LogP contribution in [-0.2, 0) is 11.3 Å². The first-order valence-electron chi connectivity index (χ1n) is 4.74. The molecule has 0 fully saturated rings. The molecular weight excluding hydrogens is 221 g/mol. The number of ketones is 1. The number of ether oxygens (including phenoxy) is 1. The minimum Gasteiger partial charge on any atom is -0.377 e. The fourth-order valence-corrected chi connectivity index (χ4v) is 1.23. The number of halogens is 3. The van der Waals surface area contributed by atoms with Gasteiger partial charge in [0.15, 0.2) is 0 Å². The van der Waals surface area contributed by atoms with Crippen LogP contribution in [0.15, 0.2) is 24.3 Å². The summed E-state index contributed by atoms with van der Waals surface area (Å²) in [4.78, 5) is 11.1. The third-order valence-corrected chi connectivity index (χ3v) is 1.98. The smallest absolute Gasteiger partial charge is 0.377 e. The van der Waals surface area contributed by atoms with Gasteiger partial charge in [-0.2, -0.15) is 13.2 Å². The van der Waals surface area contributed by atoms with Gasteiger partial charge >= 0.3 is 6.18 Å². The Morgan fingerprint density at radius 2 is 1.94 bits per heavy atom. The Bertz CT molecular complexity index is 372. The zero-order valence-corrected chi connectivity index (χ0v) is 8.67. The van der Waals surface area contributed by atoms with Crippen LogP contribution < -0.4 is 0 Å². The van der Waals surface area contributed by atoms with Gasteiger partial charge in [0.05, 0.1) is 6.61 Å². The molecule has 0 bridgehead atoms. The molecule has 0 aliphatic rings. The molecule has 16 heavy (non-hydrogen) atoms. The normalized spacial score (nSPS) is 11.5. The summed E-state index contributed by atoms with van der Waals surface area (Å²) in [6, 6.07) is 5.58. The van der Waals surface area contributed by atoms with E-state index in [1.54, 1.807) is 13.0 Å². The van der Waals surface area contributed by atoms with Gasteiger partial charge in [-0.05, 0) is 12.5 Å². The molecule has 1 rings (SSSR count). The molecular formula is C11H11F3O2. The predicted octanol–water partition coefficient (Wildman–Crippen LogP) is 2.97. The van der Waals surface area contributed by atoms with Gasteiger partial charge in [-0.25, -0.2) is 0 Å². The lowest BCUT2D eigenvalue weighted by Crippen LogP contribution is -2.24. The van der Waals surface area contributed by atoms with Gasteiger partial charge in [0.1, 0.15) is 0 Å². The van der Waals surface area contributed by atoms with Crippen LogP contribution in [-0.4, -0.2) is 18.6 Å². The van der Waals surface area contributed by atoms with E-state index in [2.05, 4.69) is 0 Å². The predicted molar refractivity (Wildman–Crippen MR) is 52.2 cm³/mol. The number of Topliss-reactive ketones (excluding diaryl/α,β-unsaturated/α-hetero) is 1. The number of carbonyl (C=O) groups excluding carboxylic acids is 1. The summed E-state index contributed by atoms with van der Waals surface area (Å²) in [5.41, 5.74) is -0.0878. The summed E-state index contributed by atoms with van der Waals surface area (Å²) in [5, 5.41) is 0. The van der Waals surface area contributed by atoms with Gasteiger partial charge in [-0.1, -0.05) is 24.3 Å². The number of benzene rings is 1. The number of hydrogen-bond acceptors (Lipinski definition) is 2. The Balaban J connectivity index is 2.99. The topological polar surface area (TPSA) is 26.3 Å². The largest absolute Gasteiger partial charge is 0.454 e. The van der Waals surface area contributed by atoms with Gasteiger partial charge in [-0.15, -0.1) is 0 Å². The van der Waals surface area contributed by atoms with Crippen molar-refractivity contribution < 1.29 is 22.7 Å². The van der Waals surface area contributed by atoms with Crippen molar-refractivity contribution in [1.29, 1.82) is 0 Å². The van der Waals surface area contributed by atoms with Crippen LogP contribution in [0.4, 0.5) is 13.2 Å². The van der Waals surface area contributed by atoms with E-state index >= 15 is 0 Å². The zero-order chi connectivity index (χ0) is 12.2. The van der Waals surface area contributed by atoms with Gasteiger partial charge in [-0.3, -0.25) is 4.79 Å². The second-order valence-electron chi connectivity index (χ2n) is 3.12. The Morgan fingerprint density at radius 1 is 1.31 bits per heavy atom. The maximum Gasteiger partial charge on any atom is 0.454 e. The minimum absolute atomic E-state index is 0.00843. The Morgan fingerprint density at radius 3 is 2.50 bits per heavy atom. The molecule has 5 heteroatoms. The molecule has 1 aromatic rings. The molecule has 0 unspecified atom stereocenters. The van der Waals surface area contributed by atoms with Crippen molar-refractivity contribution >= 4 is 5.78 Å². The molecule has 0 aliphatic heterocycles. The molecule has 2 nitrogen and oxygen atoms in total. The number of alkyl halides is 3. The van der Waals surface area contributed by atoms with E-state index in [-0.39, 0.29) is 17.7 Å². The molecule has 0 heterocycles. The lowest BCUT2D eigenvalue weighted by atomic mass is 10.0. The maximum absolute atomic E-state index is 12.2. The lowest BCUT2D eigenvalue weighted by Gasteiger charge is -2.10. The molecule has 0 radical (unpaired) electrons. The van der Waals surface area contributed by atoms with Crippen molar-refractivity contribution in [3.63, 3.8) is 0 Å². The van der Waals surface area contributed by atoms with Gasteiger partial charge in [0.2, 0.25) is 0 Å². The van der Waals surface area contributed by atoms with Gasteiger partial charge in [0, 0.05) is 12.2 Å². The first kappa shape index (κ1) is 12.7. The van der Waals surface area contributed by atoms with Crippen LogP contribution in [0.2, 0.25) is 0 Å². The molecule has 0 atom stereocenters. The summed E-state index contributed by atoms with van der Waals surface area (Å²) in [6.07, 6.45) is -4.84. The fourth-order valence-electron chi connectivity index (χ4n) is 1.23. The average molecular weight is 232 g/mol. The third-order valence-electron chi connectivity index (χ3n) is 1.98. The second-order valence-corrected chi connectivity index (χ2v) is 3.12. The van der Waals surface area contributed by atoms with E-state index < -0.39 is 12.0 Å². The monoisotopic (exact) mass is 232 g/mol. The Labute approximate surface area is 91.0 Å². The lowest BCUT2D eigenvalue weighted by molar-refractivity contribution is -0.0886. The molecule has 0 spiro atoms. The molecule has 0 amide bonds. The van der Waals surface area contributed by atoms with Crippen molar-refractivity contribution in [2.75, 3.05) is 6.61 Å². The molecule has 1 aromatic carbocycles. The molecule has 0 aliphatic carbocycles.